The summed E-state index contributed by atoms with van der Waals surface area (Å²) in [4.78, 5) is 0. The van der Waals surface area contributed by atoms with Crippen LogP contribution in [0.2, 0.25) is 0 Å². The Kier molecular flexibility index (Phi) is 10.4. The number of nitrogens with two attached hydrogens (primary N) is 4. The van der Waals surface area contributed by atoms with Crippen molar-refractivity contribution < 1.29 is 0 Å². The van der Waals surface area contributed by atoms with E-state index >= 15 is 0 Å². The molecule has 0 fully saturated rings. The summed E-state index contributed by atoms with van der Waals surface area (Å²) in [6.45, 7) is 3.27. The van der Waals surface area contributed by atoms with Crippen LogP contribution in [0.3, 0.4) is 0 Å². The van der Waals surface area contributed by atoms with Crippen molar-refractivity contribution in [1.82, 2.24) is 0 Å². The SMILES string of the molecule is CCC(N=NC(CC)(C(=N)N)C(=N)N)(C(=N)N)C(=N)N.Cl.Cl. The Balaban J connectivity index is -0.00000180. The molecule has 22 heavy (non-hydrogen) atoms. The zero-order valence-corrected chi connectivity index (χ0v) is 14.1. The largest absolute Gasteiger partial charge is 0.385 e. The minimum absolute atomic E-state index is 0. The van der Waals surface area contributed by atoms with Gasteiger partial charge in [-0.05, 0) is 12.8 Å². The van der Waals surface area contributed by atoms with Gasteiger partial charge < -0.3 is 22.9 Å². The Morgan fingerprint density at radius 1 is 0.682 bits per heavy atom. The van der Waals surface area contributed by atoms with Crippen molar-refractivity contribution in [2.24, 2.45) is 33.2 Å². The molecule has 0 saturated carbocycles. The van der Waals surface area contributed by atoms with Gasteiger partial charge in [-0.15, -0.1) is 24.8 Å². The lowest BCUT2D eigenvalue weighted by atomic mass is 9.93. The van der Waals surface area contributed by atoms with Gasteiger partial charge >= 0.3 is 0 Å². The lowest BCUT2D eigenvalue weighted by Gasteiger charge is -2.28. The number of hydrogen-bond acceptors (Lipinski definition) is 6. The van der Waals surface area contributed by atoms with E-state index in [1.165, 1.54) is 0 Å². The van der Waals surface area contributed by atoms with E-state index in [-0.39, 0.29) is 37.7 Å². The molecule has 12 N–H and O–H groups in total. The molecule has 12 heteroatoms. The fourth-order valence-electron chi connectivity index (χ4n) is 1.58. The van der Waals surface area contributed by atoms with Crippen LogP contribution in [0.4, 0.5) is 0 Å². The van der Waals surface area contributed by atoms with Gasteiger partial charge in [0.1, 0.15) is 23.3 Å². The van der Waals surface area contributed by atoms with Gasteiger partial charge in [0.15, 0.2) is 11.1 Å². The normalized spacial score (nSPS) is 15.5. The topological polar surface area (TPSA) is 224 Å². The summed E-state index contributed by atoms with van der Waals surface area (Å²) in [5.41, 5.74) is 18.6. The third-order valence-corrected chi connectivity index (χ3v) is 3.20. The molecule has 0 bridgehead atoms. The number of rotatable bonds is 8. The van der Waals surface area contributed by atoms with Crippen LogP contribution in [0.1, 0.15) is 26.7 Å². The highest BCUT2D eigenvalue weighted by atomic mass is 35.5. The molecule has 0 aliphatic rings. The van der Waals surface area contributed by atoms with Crippen LogP contribution in [0.15, 0.2) is 10.2 Å². The molecular formula is C10H24Cl2N10. The molecule has 0 spiro atoms. The van der Waals surface area contributed by atoms with Gasteiger partial charge in [-0.2, -0.15) is 10.2 Å². The van der Waals surface area contributed by atoms with Gasteiger partial charge in [0.05, 0.1) is 0 Å². The third kappa shape index (κ3) is 4.28. The predicted molar refractivity (Wildman–Crippen MR) is 93.1 cm³/mol. The first-order valence-electron chi connectivity index (χ1n) is 5.92. The van der Waals surface area contributed by atoms with Crippen molar-refractivity contribution in [1.29, 1.82) is 21.6 Å². The molecule has 0 amide bonds. The van der Waals surface area contributed by atoms with Gasteiger partial charge in [0, 0.05) is 0 Å². The second-order valence-corrected chi connectivity index (χ2v) is 4.28. The maximum atomic E-state index is 7.54. The molecule has 0 aliphatic heterocycles. The summed E-state index contributed by atoms with van der Waals surface area (Å²) >= 11 is 0. The Hall–Kier alpha value is -1.94. The van der Waals surface area contributed by atoms with E-state index in [1.54, 1.807) is 13.8 Å². The number of halogens is 2. The van der Waals surface area contributed by atoms with E-state index < -0.39 is 34.4 Å². The van der Waals surface area contributed by atoms with Gasteiger partial charge in [-0.1, -0.05) is 13.8 Å². The zero-order chi connectivity index (χ0) is 16.1. The molecule has 0 aromatic carbocycles. The third-order valence-electron chi connectivity index (χ3n) is 3.20. The molecular weight excluding hydrogens is 331 g/mol. The Labute approximate surface area is 141 Å². The highest BCUT2D eigenvalue weighted by molar-refractivity contribution is 6.12. The van der Waals surface area contributed by atoms with Crippen LogP contribution in [0.5, 0.6) is 0 Å². The van der Waals surface area contributed by atoms with E-state index in [4.69, 9.17) is 44.6 Å². The first-order valence-corrected chi connectivity index (χ1v) is 5.92. The highest BCUT2D eigenvalue weighted by Gasteiger charge is 2.41. The molecule has 0 rings (SSSR count). The van der Waals surface area contributed by atoms with Crippen molar-refractivity contribution in [3.05, 3.63) is 0 Å². The van der Waals surface area contributed by atoms with Crippen LogP contribution < -0.4 is 22.9 Å². The lowest BCUT2D eigenvalue weighted by Crippen LogP contribution is -2.54. The van der Waals surface area contributed by atoms with Crippen molar-refractivity contribution >= 4 is 48.2 Å². The standard InChI is InChI=1S/C10H22N10.2ClH/c1-3-9(5(11)12,6(13)14)19-20-10(4-2,7(15)16)8(17)18;;/h3-4H2,1-2H3,(H3,11,12)(H3,13,14)(H3,15,16)(H3,17,18);2*1H. The van der Waals surface area contributed by atoms with E-state index in [0.717, 1.165) is 0 Å². The first-order chi connectivity index (χ1) is 9.10. The predicted octanol–water partition coefficient (Wildman–Crippen LogP) is 0.324. The van der Waals surface area contributed by atoms with E-state index in [2.05, 4.69) is 10.2 Å². The second kappa shape index (κ2) is 9.15. The minimum Gasteiger partial charge on any atom is -0.385 e. The number of nitrogens with one attached hydrogen (secondary N) is 4. The molecule has 0 aromatic heterocycles. The minimum atomic E-state index is -1.61. The summed E-state index contributed by atoms with van der Waals surface area (Å²) in [5, 5.41) is 37.9. The number of azo groups is 1. The molecule has 0 aliphatic carbocycles. The number of nitrogens with zero attached hydrogens (tertiary/aromatic N) is 2. The van der Waals surface area contributed by atoms with Gasteiger partial charge in [-0.3, -0.25) is 21.6 Å². The average molecular weight is 355 g/mol. The molecule has 128 valence electrons. The summed E-state index contributed by atoms with van der Waals surface area (Å²) < 4.78 is 0. The summed E-state index contributed by atoms with van der Waals surface area (Å²) in [5.74, 6) is -1.80. The van der Waals surface area contributed by atoms with Crippen molar-refractivity contribution in [2.75, 3.05) is 0 Å². The summed E-state index contributed by atoms with van der Waals surface area (Å²) in [6, 6.07) is 0. The molecule has 0 saturated heterocycles. The van der Waals surface area contributed by atoms with Crippen LogP contribution >= 0.6 is 24.8 Å². The molecule has 0 aromatic rings. The van der Waals surface area contributed by atoms with E-state index in [1.807, 2.05) is 0 Å². The van der Waals surface area contributed by atoms with E-state index in [9.17, 15) is 0 Å². The number of hydrogen-bond donors (Lipinski definition) is 8. The van der Waals surface area contributed by atoms with Crippen molar-refractivity contribution in [2.45, 2.75) is 37.8 Å². The van der Waals surface area contributed by atoms with Gasteiger partial charge in [0.25, 0.3) is 0 Å². The van der Waals surface area contributed by atoms with Crippen LogP contribution in [-0.4, -0.2) is 34.4 Å². The summed E-state index contributed by atoms with van der Waals surface area (Å²) in [6.07, 6.45) is 0.271. The Bertz CT molecular complexity index is 402. The Morgan fingerprint density at radius 3 is 0.955 bits per heavy atom. The van der Waals surface area contributed by atoms with Gasteiger partial charge in [0.2, 0.25) is 0 Å². The maximum Gasteiger partial charge on any atom is 0.193 e. The fraction of sp³-hybridized carbons (Fsp3) is 0.600. The molecule has 0 unspecified atom stereocenters. The van der Waals surface area contributed by atoms with Crippen LogP contribution in [0.25, 0.3) is 0 Å². The second-order valence-electron chi connectivity index (χ2n) is 4.28. The van der Waals surface area contributed by atoms with Gasteiger partial charge in [-0.25, -0.2) is 0 Å². The highest BCUT2D eigenvalue weighted by Crippen LogP contribution is 2.22. The maximum absolute atomic E-state index is 7.54. The fourth-order valence-corrected chi connectivity index (χ4v) is 1.58. The van der Waals surface area contributed by atoms with Crippen LogP contribution in [-0.2, 0) is 0 Å². The average Bonchev–Trinajstić information content (AvgIpc) is 2.33. The molecule has 10 nitrogen and oxygen atoms in total. The monoisotopic (exact) mass is 354 g/mol. The first kappa shape index (κ1) is 25.0. The van der Waals surface area contributed by atoms with E-state index in [0.29, 0.717) is 0 Å². The lowest BCUT2D eigenvalue weighted by molar-refractivity contribution is 0.572. The zero-order valence-electron chi connectivity index (χ0n) is 12.4. The Morgan fingerprint density at radius 2 is 0.864 bits per heavy atom. The molecule has 0 atom stereocenters. The quantitative estimate of drug-likeness (QED) is 0.175. The van der Waals surface area contributed by atoms with Crippen molar-refractivity contribution in [3.8, 4) is 0 Å². The van der Waals surface area contributed by atoms with Crippen LogP contribution in [0, 0.1) is 21.6 Å². The van der Waals surface area contributed by atoms with Crippen molar-refractivity contribution in [3.63, 3.8) is 0 Å². The molecule has 0 radical (unpaired) electrons. The molecule has 0 heterocycles. The number of amidine groups is 4. The smallest absolute Gasteiger partial charge is 0.193 e. The summed E-state index contributed by atoms with van der Waals surface area (Å²) in [7, 11) is 0.